The molecule has 0 radical (unpaired) electrons. The van der Waals surface area contributed by atoms with E-state index in [-0.39, 0.29) is 16.8 Å². The molecule has 0 aliphatic carbocycles. The van der Waals surface area contributed by atoms with Crippen molar-refractivity contribution in [3.63, 3.8) is 0 Å². The van der Waals surface area contributed by atoms with E-state index < -0.39 is 10.0 Å². The number of hydrogen-bond donors (Lipinski definition) is 2. The molecule has 1 aromatic carbocycles. The summed E-state index contributed by atoms with van der Waals surface area (Å²) in [6.07, 6.45) is 0. The van der Waals surface area contributed by atoms with Gasteiger partial charge in [0.15, 0.2) is 0 Å². The van der Waals surface area contributed by atoms with Crippen LogP contribution in [0.4, 0.5) is 0 Å². The lowest BCUT2D eigenvalue weighted by molar-refractivity contribution is -0.122. The SMILES string of the molecule is CN(C)S(=O)(=O)c1ccc(CNC(=O)C2CSCN2)cc1. The van der Waals surface area contributed by atoms with Gasteiger partial charge in [0.2, 0.25) is 15.9 Å². The third-order valence-electron chi connectivity index (χ3n) is 3.20. The summed E-state index contributed by atoms with van der Waals surface area (Å²) in [6, 6.07) is 6.41. The van der Waals surface area contributed by atoms with Gasteiger partial charge in [-0.25, -0.2) is 12.7 Å². The van der Waals surface area contributed by atoms with Crippen LogP contribution < -0.4 is 10.6 Å². The van der Waals surface area contributed by atoms with E-state index in [1.807, 2.05) is 0 Å². The molecule has 0 spiro atoms. The highest BCUT2D eigenvalue weighted by atomic mass is 32.2. The van der Waals surface area contributed by atoms with Crippen LogP contribution in [0.3, 0.4) is 0 Å². The van der Waals surface area contributed by atoms with Crippen LogP contribution in [-0.4, -0.2) is 50.4 Å². The fraction of sp³-hybridized carbons (Fsp3) is 0.462. The van der Waals surface area contributed by atoms with Crippen molar-refractivity contribution in [1.82, 2.24) is 14.9 Å². The highest BCUT2D eigenvalue weighted by Crippen LogP contribution is 2.14. The molecule has 1 unspecified atom stereocenters. The minimum atomic E-state index is -3.40. The van der Waals surface area contributed by atoms with Crippen molar-refractivity contribution in [2.24, 2.45) is 0 Å². The van der Waals surface area contributed by atoms with Crippen LogP contribution >= 0.6 is 11.8 Å². The van der Waals surface area contributed by atoms with Gasteiger partial charge in [-0.2, -0.15) is 0 Å². The summed E-state index contributed by atoms with van der Waals surface area (Å²) in [5.74, 6) is 1.56. The number of carbonyl (C=O) groups is 1. The zero-order valence-corrected chi connectivity index (χ0v) is 13.6. The second-order valence-corrected chi connectivity index (χ2v) is 8.10. The molecule has 2 N–H and O–H groups in total. The first-order valence-corrected chi connectivity index (χ1v) is 9.11. The van der Waals surface area contributed by atoms with Crippen molar-refractivity contribution in [3.8, 4) is 0 Å². The van der Waals surface area contributed by atoms with Crippen LogP contribution in [0.15, 0.2) is 29.2 Å². The third-order valence-corrected chi connectivity index (χ3v) is 5.97. The van der Waals surface area contributed by atoms with E-state index >= 15 is 0 Å². The minimum absolute atomic E-state index is 0.0232. The van der Waals surface area contributed by atoms with Gasteiger partial charge in [-0.05, 0) is 17.7 Å². The Hall–Kier alpha value is -1.09. The van der Waals surface area contributed by atoms with Crippen molar-refractivity contribution >= 4 is 27.7 Å². The molecule has 0 saturated carbocycles. The van der Waals surface area contributed by atoms with Crippen LogP contribution in [0.25, 0.3) is 0 Å². The van der Waals surface area contributed by atoms with Crippen LogP contribution in [0.1, 0.15) is 5.56 Å². The van der Waals surface area contributed by atoms with Crippen LogP contribution in [-0.2, 0) is 21.4 Å². The maximum absolute atomic E-state index is 11.9. The highest BCUT2D eigenvalue weighted by molar-refractivity contribution is 7.99. The monoisotopic (exact) mass is 329 g/mol. The van der Waals surface area contributed by atoms with Crippen molar-refractivity contribution in [2.45, 2.75) is 17.5 Å². The van der Waals surface area contributed by atoms with Gasteiger partial charge in [0, 0.05) is 32.3 Å². The van der Waals surface area contributed by atoms with Gasteiger partial charge in [-0.3, -0.25) is 10.1 Å². The number of amides is 1. The lowest BCUT2D eigenvalue weighted by Gasteiger charge is -2.13. The first kappa shape index (κ1) is 16.3. The fourth-order valence-corrected chi connectivity index (χ4v) is 3.71. The summed E-state index contributed by atoms with van der Waals surface area (Å²) in [6.45, 7) is 0.393. The number of rotatable bonds is 5. The molecule has 1 fully saturated rings. The summed E-state index contributed by atoms with van der Waals surface area (Å²) in [4.78, 5) is 12.1. The van der Waals surface area contributed by atoms with Gasteiger partial charge < -0.3 is 5.32 Å². The average Bonchev–Trinajstić information content (AvgIpc) is 2.99. The second-order valence-electron chi connectivity index (χ2n) is 4.92. The molecule has 1 aliphatic heterocycles. The number of benzene rings is 1. The van der Waals surface area contributed by atoms with Gasteiger partial charge in [-0.15, -0.1) is 11.8 Å². The molecule has 1 aliphatic rings. The number of nitrogens with one attached hydrogen (secondary N) is 2. The Morgan fingerprint density at radius 3 is 2.57 bits per heavy atom. The molecule has 8 heteroatoms. The lowest BCUT2D eigenvalue weighted by Crippen LogP contribution is -2.41. The minimum Gasteiger partial charge on any atom is -0.351 e. The Morgan fingerprint density at radius 2 is 2.05 bits per heavy atom. The van der Waals surface area contributed by atoms with Gasteiger partial charge in [0.05, 0.1) is 10.9 Å². The highest BCUT2D eigenvalue weighted by Gasteiger charge is 2.22. The quantitative estimate of drug-likeness (QED) is 0.808. The number of sulfonamides is 1. The van der Waals surface area contributed by atoms with Crippen LogP contribution in [0.5, 0.6) is 0 Å². The number of carbonyl (C=O) groups excluding carboxylic acids is 1. The standard InChI is InChI=1S/C13H19N3O3S2/c1-16(2)21(18,19)11-5-3-10(4-6-11)7-14-13(17)12-8-20-9-15-12/h3-6,12,15H,7-9H2,1-2H3,(H,14,17). The van der Waals surface area contributed by atoms with E-state index in [0.29, 0.717) is 6.54 Å². The average molecular weight is 329 g/mol. The lowest BCUT2D eigenvalue weighted by atomic mass is 10.2. The maximum atomic E-state index is 11.9. The zero-order valence-electron chi connectivity index (χ0n) is 12.0. The van der Waals surface area contributed by atoms with Crippen molar-refractivity contribution in [3.05, 3.63) is 29.8 Å². The van der Waals surface area contributed by atoms with Gasteiger partial charge >= 0.3 is 0 Å². The molecule has 1 aromatic rings. The molecule has 1 heterocycles. The van der Waals surface area contributed by atoms with Gasteiger partial charge in [0.25, 0.3) is 0 Å². The van der Waals surface area contributed by atoms with Crippen molar-refractivity contribution < 1.29 is 13.2 Å². The molecule has 1 amide bonds. The summed E-state index contributed by atoms with van der Waals surface area (Å²) >= 11 is 1.70. The maximum Gasteiger partial charge on any atom is 0.242 e. The first-order chi connectivity index (χ1) is 9.91. The number of thioether (sulfide) groups is 1. The topological polar surface area (TPSA) is 78.5 Å². The summed E-state index contributed by atoms with van der Waals surface area (Å²) < 4.78 is 25.0. The molecule has 21 heavy (non-hydrogen) atoms. The van der Waals surface area contributed by atoms with Crippen molar-refractivity contribution in [1.29, 1.82) is 0 Å². The smallest absolute Gasteiger partial charge is 0.242 e. The Kier molecular flexibility index (Phi) is 5.26. The van der Waals surface area contributed by atoms with Crippen LogP contribution in [0.2, 0.25) is 0 Å². The van der Waals surface area contributed by atoms with Gasteiger partial charge in [0.1, 0.15) is 0 Å². The molecule has 1 atom stereocenters. The summed E-state index contributed by atoms with van der Waals surface area (Å²) in [5, 5.41) is 5.95. The largest absolute Gasteiger partial charge is 0.351 e. The predicted octanol–water partition coefficient (Wildman–Crippen LogP) is 0.216. The summed E-state index contributed by atoms with van der Waals surface area (Å²) in [7, 11) is -0.413. The van der Waals surface area contributed by atoms with Crippen LogP contribution in [0, 0.1) is 0 Å². The zero-order chi connectivity index (χ0) is 15.5. The predicted molar refractivity (Wildman–Crippen MR) is 83.4 cm³/mol. The molecule has 1 saturated heterocycles. The van der Waals surface area contributed by atoms with Gasteiger partial charge in [-0.1, -0.05) is 12.1 Å². The fourth-order valence-electron chi connectivity index (χ4n) is 1.87. The second kappa shape index (κ2) is 6.78. The molecule has 6 nitrogen and oxygen atoms in total. The van der Waals surface area contributed by atoms with E-state index in [4.69, 9.17) is 0 Å². The Bertz CT molecular complexity index is 594. The van der Waals surface area contributed by atoms with Crippen molar-refractivity contribution in [2.75, 3.05) is 25.7 Å². The first-order valence-electron chi connectivity index (χ1n) is 6.51. The normalized spacial score (nSPS) is 18.9. The molecular formula is C13H19N3O3S2. The summed E-state index contributed by atoms with van der Waals surface area (Å²) in [5.41, 5.74) is 0.867. The molecular weight excluding hydrogens is 310 g/mol. The number of nitrogens with zero attached hydrogens (tertiary/aromatic N) is 1. The van der Waals surface area contributed by atoms with E-state index in [2.05, 4.69) is 10.6 Å². The number of hydrogen-bond acceptors (Lipinski definition) is 5. The molecule has 0 bridgehead atoms. The molecule has 116 valence electrons. The van der Waals surface area contributed by atoms with E-state index in [1.165, 1.54) is 18.4 Å². The Labute approximate surface area is 129 Å². The molecule has 2 rings (SSSR count). The molecule has 0 aromatic heterocycles. The third kappa shape index (κ3) is 3.97. The Morgan fingerprint density at radius 1 is 1.38 bits per heavy atom. The Balaban J connectivity index is 1.95. The van der Waals surface area contributed by atoms with E-state index in [9.17, 15) is 13.2 Å². The van der Waals surface area contributed by atoms with E-state index in [1.54, 1.807) is 36.0 Å². The van der Waals surface area contributed by atoms with E-state index in [0.717, 1.165) is 17.2 Å².